The first-order valence-electron chi connectivity index (χ1n) is 9.03. The number of carbonyl (C=O) groups excluding carboxylic acids is 1. The maximum absolute atomic E-state index is 14.4. The van der Waals surface area contributed by atoms with Gasteiger partial charge in [0.15, 0.2) is 0 Å². The SMILES string of the molecule is C[C@@H]1N=C(c2ccccc2)c2ccccc2N(Cc2c(F)cccc2Cl)C1=O. The molecule has 0 saturated heterocycles. The second-order valence-electron chi connectivity index (χ2n) is 6.66. The zero-order valence-electron chi connectivity index (χ0n) is 15.3. The van der Waals surface area contributed by atoms with Gasteiger partial charge in [-0.2, -0.15) is 0 Å². The van der Waals surface area contributed by atoms with Gasteiger partial charge in [0.05, 0.1) is 17.9 Å². The lowest BCUT2D eigenvalue weighted by molar-refractivity contribution is -0.119. The highest BCUT2D eigenvalue weighted by Crippen LogP contribution is 2.31. The van der Waals surface area contributed by atoms with Crippen molar-refractivity contribution >= 4 is 28.9 Å². The Labute approximate surface area is 168 Å². The van der Waals surface area contributed by atoms with Gasteiger partial charge >= 0.3 is 0 Å². The van der Waals surface area contributed by atoms with E-state index in [2.05, 4.69) is 0 Å². The summed E-state index contributed by atoms with van der Waals surface area (Å²) in [6, 6.07) is 21.2. The van der Waals surface area contributed by atoms with Gasteiger partial charge in [-0.15, -0.1) is 0 Å². The molecule has 0 unspecified atom stereocenters. The van der Waals surface area contributed by atoms with Gasteiger partial charge in [-0.3, -0.25) is 9.79 Å². The lowest BCUT2D eigenvalue weighted by Crippen LogP contribution is -2.36. The molecule has 0 saturated carbocycles. The Morgan fingerprint density at radius 3 is 2.46 bits per heavy atom. The highest BCUT2D eigenvalue weighted by Gasteiger charge is 2.30. The van der Waals surface area contributed by atoms with E-state index in [4.69, 9.17) is 16.6 Å². The molecule has 1 aliphatic heterocycles. The number of nitrogens with zero attached hydrogens (tertiary/aromatic N) is 2. The van der Waals surface area contributed by atoms with E-state index < -0.39 is 11.9 Å². The van der Waals surface area contributed by atoms with Gasteiger partial charge in [0.2, 0.25) is 0 Å². The van der Waals surface area contributed by atoms with Crippen LogP contribution in [0.15, 0.2) is 77.8 Å². The van der Waals surface area contributed by atoms with Crippen LogP contribution in [0, 0.1) is 5.82 Å². The van der Waals surface area contributed by atoms with Crippen LogP contribution in [0.1, 0.15) is 23.6 Å². The summed E-state index contributed by atoms with van der Waals surface area (Å²) >= 11 is 6.22. The van der Waals surface area contributed by atoms with Crippen LogP contribution in [0.2, 0.25) is 5.02 Å². The van der Waals surface area contributed by atoms with Gasteiger partial charge in [0.25, 0.3) is 5.91 Å². The van der Waals surface area contributed by atoms with E-state index >= 15 is 0 Å². The molecule has 5 heteroatoms. The fourth-order valence-corrected chi connectivity index (χ4v) is 3.63. The zero-order chi connectivity index (χ0) is 19.7. The van der Waals surface area contributed by atoms with Crippen molar-refractivity contribution in [3.8, 4) is 0 Å². The molecule has 0 spiro atoms. The second kappa shape index (κ2) is 7.56. The molecule has 1 amide bonds. The molecule has 0 aromatic heterocycles. The molecule has 0 aliphatic carbocycles. The first-order chi connectivity index (χ1) is 13.6. The Morgan fingerprint density at radius 1 is 1.00 bits per heavy atom. The number of amides is 1. The van der Waals surface area contributed by atoms with Crippen molar-refractivity contribution in [1.82, 2.24) is 0 Å². The molecule has 28 heavy (non-hydrogen) atoms. The molecule has 0 radical (unpaired) electrons. The van der Waals surface area contributed by atoms with Crippen LogP contribution in [-0.2, 0) is 11.3 Å². The van der Waals surface area contributed by atoms with Crippen LogP contribution in [0.3, 0.4) is 0 Å². The predicted molar refractivity (Wildman–Crippen MR) is 111 cm³/mol. The van der Waals surface area contributed by atoms with Crippen LogP contribution in [0.4, 0.5) is 10.1 Å². The molecule has 1 heterocycles. The van der Waals surface area contributed by atoms with Crippen LogP contribution in [0.5, 0.6) is 0 Å². The van der Waals surface area contributed by atoms with Crippen molar-refractivity contribution in [2.75, 3.05) is 4.90 Å². The van der Waals surface area contributed by atoms with E-state index in [9.17, 15) is 9.18 Å². The number of anilines is 1. The summed E-state index contributed by atoms with van der Waals surface area (Å²) in [5.41, 5.74) is 3.50. The van der Waals surface area contributed by atoms with Crippen LogP contribution < -0.4 is 4.90 Å². The van der Waals surface area contributed by atoms with E-state index in [0.717, 1.165) is 16.8 Å². The van der Waals surface area contributed by atoms with Crippen LogP contribution in [0.25, 0.3) is 0 Å². The Morgan fingerprint density at radius 2 is 1.71 bits per heavy atom. The maximum atomic E-state index is 14.4. The number of hydrogen-bond acceptors (Lipinski definition) is 2. The summed E-state index contributed by atoms with van der Waals surface area (Å²) < 4.78 is 14.4. The Hall–Kier alpha value is -2.98. The Bertz CT molecular complexity index is 1040. The maximum Gasteiger partial charge on any atom is 0.251 e. The van der Waals surface area contributed by atoms with Crippen LogP contribution in [-0.4, -0.2) is 17.7 Å². The van der Waals surface area contributed by atoms with Crippen molar-refractivity contribution in [3.05, 3.63) is 100 Å². The van der Waals surface area contributed by atoms with E-state index in [1.807, 2.05) is 54.6 Å². The first kappa shape index (κ1) is 18.4. The van der Waals surface area contributed by atoms with Gasteiger partial charge in [-0.1, -0.05) is 66.2 Å². The minimum atomic E-state index is -0.604. The van der Waals surface area contributed by atoms with Crippen LogP contribution >= 0.6 is 11.6 Å². The number of para-hydroxylation sites is 1. The van der Waals surface area contributed by atoms with Crippen molar-refractivity contribution < 1.29 is 9.18 Å². The van der Waals surface area contributed by atoms with Gasteiger partial charge in [0.1, 0.15) is 11.9 Å². The van der Waals surface area contributed by atoms with Crippen molar-refractivity contribution in [1.29, 1.82) is 0 Å². The van der Waals surface area contributed by atoms with E-state index in [1.165, 1.54) is 6.07 Å². The third-order valence-corrected chi connectivity index (χ3v) is 5.18. The number of hydrogen-bond donors (Lipinski definition) is 0. The number of aliphatic imine (C=N–C) groups is 1. The minimum absolute atomic E-state index is 0.0449. The average Bonchev–Trinajstić information content (AvgIpc) is 2.81. The summed E-state index contributed by atoms with van der Waals surface area (Å²) in [4.78, 5) is 19.4. The summed E-state index contributed by atoms with van der Waals surface area (Å²) in [5.74, 6) is -0.628. The number of benzodiazepines with no additional fused rings is 1. The molecule has 0 fully saturated rings. The lowest BCUT2D eigenvalue weighted by Gasteiger charge is -2.25. The molecule has 3 nitrogen and oxygen atoms in total. The first-order valence-corrected chi connectivity index (χ1v) is 9.41. The number of fused-ring (bicyclic) bond motifs is 1. The molecule has 3 aromatic carbocycles. The molecular formula is C23H18ClFN2O. The van der Waals surface area contributed by atoms with Gasteiger partial charge < -0.3 is 4.90 Å². The van der Waals surface area contributed by atoms with Gasteiger partial charge in [-0.25, -0.2) is 4.39 Å². The summed E-state index contributed by atoms with van der Waals surface area (Å²) in [7, 11) is 0. The van der Waals surface area contributed by atoms with Crippen molar-refractivity contribution in [2.45, 2.75) is 19.5 Å². The fraction of sp³-hybridized carbons (Fsp3) is 0.130. The minimum Gasteiger partial charge on any atom is -0.305 e. The normalized spacial score (nSPS) is 16.4. The second-order valence-corrected chi connectivity index (χ2v) is 7.07. The van der Waals surface area contributed by atoms with E-state index in [0.29, 0.717) is 16.3 Å². The molecule has 140 valence electrons. The third-order valence-electron chi connectivity index (χ3n) is 4.82. The lowest BCUT2D eigenvalue weighted by atomic mass is 10.00. The largest absolute Gasteiger partial charge is 0.305 e. The highest BCUT2D eigenvalue weighted by atomic mass is 35.5. The molecule has 3 aromatic rings. The molecule has 1 atom stereocenters. The summed E-state index contributed by atoms with van der Waals surface area (Å²) in [6.45, 7) is 1.80. The number of halogens is 2. The van der Waals surface area contributed by atoms with Gasteiger partial charge in [0, 0.05) is 21.7 Å². The van der Waals surface area contributed by atoms with Crippen molar-refractivity contribution in [3.63, 3.8) is 0 Å². The predicted octanol–water partition coefficient (Wildman–Crippen LogP) is 5.25. The number of rotatable bonds is 3. The topological polar surface area (TPSA) is 32.7 Å². The fourth-order valence-electron chi connectivity index (χ4n) is 3.40. The molecule has 1 aliphatic rings. The number of carbonyl (C=O) groups is 1. The van der Waals surface area contributed by atoms with E-state index in [-0.39, 0.29) is 12.5 Å². The standard InChI is InChI=1S/C23H18ClFN2O/c1-15-23(28)27(14-18-19(24)11-7-12-20(18)25)21-13-6-5-10-17(21)22(26-15)16-8-3-2-4-9-16/h2-13,15H,14H2,1H3/t15-/m0/s1. The molecule has 0 N–H and O–H groups in total. The Balaban J connectivity index is 1.86. The number of benzene rings is 3. The van der Waals surface area contributed by atoms with Gasteiger partial charge in [-0.05, 0) is 25.1 Å². The molecular weight excluding hydrogens is 375 g/mol. The van der Waals surface area contributed by atoms with E-state index in [1.54, 1.807) is 24.0 Å². The summed E-state index contributed by atoms with van der Waals surface area (Å²) in [5, 5.41) is 0.298. The monoisotopic (exact) mass is 392 g/mol. The average molecular weight is 393 g/mol. The smallest absolute Gasteiger partial charge is 0.251 e. The quantitative estimate of drug-likeness (QED) is 0.599. The Kier molecular flexibility index (Phi) is 4.97. The third kappa shape index (κ3) is 3.32. The molecule has 0 bridgehead atoms. The summed E-state index contributed by atoms with van der Waals surface area (Å²) in [6.07, 6.45) is 0. The highest BCUT2D eigenvalue weighted by molar-refractivity contribution is 6.31. The zero-order valence-corrected chi connectivity index (χ0v) is 16.0. The van der Waals surface area contributed by atoms with Crippen molar-refractivity contribution in [2.24, 2.45) is 4.99 Å². The molecule has 4 rings (SSSR count).